The van der Waals surface area contributed by atoms with Gasteiger partial charge in [-0.15, -0.1) is 0 Å². The van der Waals surface area contributed by atoms with E-state index in [1.165, 1.54) is 6.33 Å². The molecular formula is C18H17N5O2. The number of benzene rings is 1. The molecule has 126 valence electrons. The summed E-state index contributed by atoms with van der Waals surface area (Å²) in [5, 5.41) is 2.96. The van der Waals surface area contributed by atoms with E-state index in [0.29, 0.717) is 30.2 Å². The van der Waals surface area contributed by atoms with Gasteiger partial charge >= 0.3 is 0 Å². The fraction of sp³-hybridized carbons (Fsp3) is 0.222. The van der Waals surface area contributed by atoms with E-state index in [-0.39, 0.29) is 11.8 Å². The summed E-state index contributed by atoms with van der Waals surface area (Å²) in [5.41, 5.74) is 2.95. The molecule has 1 aromatic carbocycles. The van der Waals surface area contributed by atoms with Crippen LogP contribution in [0.25, 0.3) is 11.5 Å². The molecule has 0 spiro atoms. The standard InChI is InChI=1S/C18H17N5O2/c1-25-15-5-3-2-4-12(15)11-8-14-16(18(24)20-9-11)23-17(22-14)13-6-7-19-10-21-13/h2-7,10-11H,8-9H2,1H3,(H,20,24)(H,22,23)/t11-/m0/s1. The highest BCUT2D eigenvalue weighted by Gasteiger charge is 2.28. The minimum atomic E-state index is -0.177. The second kappa shape index (κ2) is 6.35. The van der Waals surface area contributed by atoms with E-state index < -0.39 is 0 Å². The molecule has 3 heterocycles. The molecular weight excluding hydrogens is 318 g/mol. The number of hydrogen-bond acceptors (Lipinski definition) is 5. The van der Waals surface area contributed by atoms with E-state index in [9.17, 15) is 4.79 Å². The number of hydrogen-bond donors (Lipinski definition) is 2. The maximum Gasteiger partial charge on any atom is 0.271 e. The summed E-state index contributed by atoms with van der Waals surface area (Å²) in [4.78, 5) is 28.2. The van der Waals surface area contributed by atoms with Gasteiger partial charge in [0.2, 0.25) is 0 Å². The number of imidazole rings is 1. The van der Waals surface area contributed by atoms with Crippen molar-refractivity contribution in [3.63, 3.8) is 0 Å². The normalized spacial score (nSPS) is 16.7. The lowest BCUT2D eigenvalue weighted by molar-refractivity contribution is 0.0950. The van der Waals surface area contributed by atoms with Crippen molar-refractivity contribution in [2.45, 2.75) is 12.3 Å². The van der Waals surface area contributed by atoms with Crippen LogP contribution in [0.3, 0.4) is 0 Å². The number of aromatic nitrogens is 4. The van der Waals surface area contributed by atoms with Crippen LogP contribution in [0.15, 0.2) is 42.9 Å². The molecule has 4 rings (SSSR count). The van der Waals surface area contributed by atoms with Crippen LogP contribution in [0.4, 0.5) is 0 Å². The third kappa shape index (κ3) is 2.84. The summed E-state index contributed by atoms with van der Waals surface area (Å²) in [6.45, 7) is 0.534. The van der Waals surface area contributed by atoms with E-state index in [2.05, 4.69) is 25.3 Å². The first-order chi connectivity index (χ1) is 12.3. The van der Waals surface area contributed by atoms with E-state index >= 15 is 0 Å². The number of carbonyl (C=O) groups is 1. The van der Waals surface area contributed by atoms with Crippen LogP contribution in [0, 0.1) is 0 Å². The summed E-state index contributed by atoms with van der Waals surface area (Å²) < 4.78 is 5.47. The number of rotatable bonds is 3. The third-order valence-corrected chi connectivity index (χ3v) is 4.36. The van der Waals surface area contributed by atoms with Crippen LogP contribution in [0.5, 0.6) is 5.75 Å². The van der Waals surface area contributed by atoms with Crippen LogP contribution in [-0.2, 0) is 6.42 Å². The van der Waals surface area contributed by atoms with Crippen molar-refractivity contribution >= 4 is 5.91 Å². The maximum absolute atomic E-state index is 12.4. The van der Waals surface area contributed by atoms with Gasteiger partial charge in [-0.1, -0.05) is 18.2 Å². The Balaban J connectivity index is 1.72. The lowest BCUT2D eigenvalue weighted by Gasteiger charge is -2.17. The smallest absolute Gasteiger partial charge is 0.271 e. The Kier molecular flexibility index (Phi) is 3.89. The molecule has 0 saturated carbocycles. The first-order valence-electron chi connectivity index (χ1n) is 8.02. The van der Waals surface area contributed by atoms with Gasteiger partial charge in [-0.3, -0.25) is 4.79 Å². The lowest BCUT2D eigenvalue weighted by atomic mass is 9.93. The van der Waals surface area contributed by atoms with Crippen LogP contribution in [0.2, 0.25) is 0 Å². The summed E-state index contributed by atoms with van der Waals surface area (Å²) in [5.74, 6) is 1.31. The first-order valence-corrected chi connectivity index (χ1v) is 8.02. The number of nitrogens with zero attached hydrogens (tertiary/aromatic N) is 3. The molecule has 3 aromatic rings. The Morgan fingerprint density at radius 2 is 2.12 bits per heavy atom. The van der Waals surface area contributed by atoms with Gasteiger partial charge in [-0.05, 0) is 24.1 Å². The van der Waals surface area contributed by atoms with Crippen molar-refractivity contribution in [2.24, 2.45) is 0 Å². The molecule has 0 unspecified atom stereocenters. The highest BCUT2D eigenvalue weighted by atomic mass is 16.5. The largest absolute Gasteiger partial charge is 0.496 e. The molecule has 1 amide bonds. The molecule has 1 aliphatic heterocycles. The molecule has 2 N–H and O–H groups in total. The molecule has 7 nitrogen and oxygen atoms in total. The minimum Gasteiger partial charge on any atom is -0.496 e. The SMILES string of the molecule is COc1ccccc1[C@@H]1CNC(=O)c2nc(-c3ccncn3)[nH]c2C1. The summed E-state index contributed by atoms with van der Waals surface area (Å²) in [6, 6.07) is 9.63. The Hall–Kier alpha value is -3.22. The zero-order valence-corrected chi connectivity index (χ0v) is 13.7. The lowest BCUT2D eigenvalue weighted by Crippen LogP contribution is -2.26. The summed E-state index contributed by atoms with van der Waals surface area (Å²) in [7, 11) is 1.66. The van der Waals surface area contributed by atoms with Crippen molar-refractivity contribution in [3.05, 3.63) is 59.8 Å². The Morgan fingerprint density at radius 3 is 2.92 bits per heavy atom. The van der Waals surface area contributed by atoms with Gasteiger partial charge in [0.05, 0.1) is 7.11 Å². The maximum atomic E-state index is 12.4. The topological polar surface area (TPSA) is 92.8 Å². The number of ether oxygens (including phenoxy) is 1. The van der Waals surface area contributed by atoms with Gasteiger partial charge in [-0.2, -0.15) is 0 Å². The number of H-pyrrole nitrogens is 1. The quantitative estimate of drug-likeness (QED) is 0.763. The van der Waals surface area contributed by atoms with E-state index in [1.807, 2.05) is 24.3 Å². The second-order valence-electron chi connectivity index (χ2n) is 5.86. The predicted octanol–water partition coefficient (Wildman–Crippen LogP) is 1.94. The van der Waals surface area contributed by atoms with Gasteiger partial charge < -0.3 is 15.0 Å². The minimum absolute atomic E-state index is 0.0973. The Morgan fingerprint density at radius 1 is 1.24 bits per heavy atom. The highest BCUT2D eigenvalue weighted by Crippen LogP contribution is 2.31. The zero-order chi connectivity index (χ0) is 17.2. The van der Waals surface area contributed by atoms with E-state index in [4.69, 9.17) is 4.74 Å². The predicted molar refractivity (Wildman–Crippen MR) is 91.4 cm³/mol. The number of methoxy groups -OCH3 is 1. The molecule has 1 atom stereocenters. The highest BCUT2D eigenvalue weighted by molar-refractivity contribution is 5.94. The average molecular weight is 335 g/mol. The van der Waals surface area contributed by atoms with Crippen LogP contribution >= 0.6 is 0 Å². The zero-order valence-electron chi connectivity index (χ0n) is 13.7. The van der Waals surface area contributed by atoms with E-state index in [1.54, 1.807) is 19.4 Å². The van der Waals surface area contributed by atoms with Crippen molar-refractivity contribution in [3.8, 4) is 17.3 Å². The van der Waals surface area contributed by atoms with Gasteiger partial charge in [-0.25, -0.2) is 15.0 Å². The third-order valence-electron chi connectivity index (χ3n) is 4.36. The molecule has 0 bridgehead atoms. The number of carbonyl (C=O) groups excluding carboxylic acids is 1. The van der Waals surface area contributed by atoms with Crippen LogP contribution < -0.4 is 10.1 Å². The summed E-state index contributed by atoms with van der Waals surface area (Å²) >= 11 is 0. The van der Waals surface area contributed by atoms with Gasteiger partial charge in [0.1, 0.15) is 23.5 Å². The Bertz CT molecular complexity index is 907. The van der Waals surface area contributed by atoms with Gasteiger partial charge in [0.15, 0.2) is 5.82 Å². The van der Waals surface area contributed by atoms with Crippen LogP contribution in [-0.4, -0.2) is 39.5 Å². The van der Waals surface area contributed by atoms with Gasteiger partial charge in [0.25, 0.3) is 5.91 Å². The first kappa shape index (κ1) is 15.3. The van der Waals surface area contributed by atoms with Crippen molar-refractivity contribution in [1.82, 2.24) is 25.3 Å². The van der Waals surface area contributed by atoms with Crippen molar-refractivity contribution in [1.29, 1.82) is 0 Å². The number of aromatic amines is 1. The second-order valence-corrected chi connectivity index (χ2v) is 5.86. The number of para-hydroxylation sites is 1. The van der Waals surface area contributed by atoms with Gasteiger partial charge in [0, 0.05) is 24.4 Å². The number of nitrogens with one attached hydrogen (secondary N) is 2. The van der Waals surface area contributed by atoms with Crippen molar-refractivity contribution < 1.29 is 9.53 Å². The molecule has 7 heteroatoms. The monoisotopic (exact) mass is 335 g/mol. The Labute approximate surface area is 144 Å². The van der Waals surface area contributed by atoms with E-state index in [0.717, 1.165) is 17.0 Å². The number of fused-ring (bicyclic) bond motifs is 1. The molecule has 2 aromatic heterocycles. The molecule has 1 aliphatic rings. The number of amides is 1. The molecule has 0 aliphatic carbocycles. The molecule has 0 fully saturated rings. The summed E-state index contributed by atoms with van der Waals surface area (Å²) in [6.07, 6.45) is 3.76. The molecule has 25 heavy (non-hydrogen) atoms. The fourth-order valence-electron chi connectivity index (χ4n) is 3.14. The van der Waals surface area contributed by atoms with Crippen molar-refractivity contribution in [2.75, 3.05) is 13.7 Å². The molecule has 0 saturated heterocycles. The molecule has 0 radical (unpaired) electrons. The average Bonchev–Trinajstić information content (AvgIpc) is 3.03. The van der Waals surface area contributed by atoms with Crippen LogP contribution in [0.1, 0.15) is 27.7 Å². The fourth-order valence-corrected chi connectivity index (χ4v) is 3.14.